The molecule has 2 aromatic rings. The quantitative estimate of drug-likeness (QED) is 0.917. The monoisotopic (exact) mass is 346 g/mol. The molecule has 2 unspecified atom stereocenters. The molecule has 0 saturated carbocycles. The van der Waals surface area contributed by atoms with E-state index >= 15 is 0 Å². The summed E-state index contributed by atoms with van der Waals surface area (Å²) in [7, 11) is 3.36. The second-order valence-corrected chi connectivity index (χ2v) is 6.62. The van der Waals surface area contributed by atoms with Crippen molar-refractivity contribution in [3.63, 3.8) is 0 Å². The van der Waals surface area contributed by atoms with Gasteiger partial charge >= 0.3 is 0 Å². The molecule has 2 aromatic carbocycles. The van der Waals surface area contributed by atoms with Gasteiger partial charge in [0.25, 0.3) is 0 Å². The number of anilines is 1. The van der Waals surface area contributed by atoms with Crippen molar-refractivity contribution in [2.24, 2.45) is 5.73 Å². The van der Waals surface area contributed by atoms with E-state index in [0.29, 0.717) is 5.92 Å². The number of hydrogen-bond acceptors (Lipinski definition) is 4. The number of rotatable bonds is 4. The Kier molecular flexibility index (Phi) is 5.17. The molecule has 2 atom stereocenters. The van der Waals surface area contributed by atoms with Crippen molar-refractivity contribution >= 4 is 17.3 Å². The molecule has 2 N–H and O–H groups in total. The van der Waals surface area contributed by atoms with Gasteiger partial charge in [0, 0.05) is 36.1 Å². The highest BCUT2D eigenvalue weighted by Crippen LogP contribution is 2.37. The van der Waals surface area contributed by atoms with E-state index in [9.17, 15) is 0 Å². The summed E-state index contributed by atoms with van der Waals surface area (Å²) in [5, 5.41) is 0.755. The molecule has 3 rings (SSSR count). The average Bonchev–Trinajstić information content (AvgIpc) is 2.61. The summed E-state index contributed by atoms with van der Waals surface area (Å²) in [4.78, 5) is 2.29. The van der Waals surface area contributed by atoms with E-state index in [1.54, 1.807) is 14.2 Å². The van der Waals surface area contributed by atoms with Crippen LogP contribution in [0.4, 0.5) is 5.69 Å². The molecule has 1 heterocycles. The van der Waals surface area contributed by atoms with Crippen LogP contribution in [0.3, 0.4) is 0 Å². The molecule has 1 fully saturated rings. The van der Waals surface area contributed by atoms with Crippen LogP contribution >= 0.6 is 11.6 Å². The maximum Gasteiger partial charge on any atom is 0.142 e. The summed E-state index contributed by atoms with van der Waals surface area (Å²) in [6, 6.07) is 14.0. The Bertz CT molecular complexity index is 690. The zero-order valence-electron chi connectivity index (χ0n) is 14.0. The van der Waals surface area contributed by atoms with Crippen LogP contribution in [-0.4, -0.2) is 33.4 Å². The highest BCUT2D eigenvalue weighted by molar-refractivity contribution is 6.30. The van der Waals surface area contributed by atoms with E-state index in [-0.39, 0.29) is 6.04 Å². The van der Waals surface area contributed by atoms with E-state index in [4.69, 9.17) is 26.8 Å². The molecular formula is C19H23ClN2O2. The van der Waals surface area contributed by atoms with Gasteiger partial charge in [0.15, 0.2) is 0 Å². The third kappa shape index (κ3) is 3.60. The molecule has 1 saturated heterocycles. The zero-order chi connectivity index (χ0) is 17.1. The van der Waals surface area contributed by atoms with E-state index < -0.39 is 0 Å². The smallest absolute Gasteiger partial charge is 0.142 e. The Morgan fingerprint density at radius 3 is 2.46 bits per heavy atom. The molecular weight excluding hydrogens is 324 g/mol. The number of benzene rings is 2. The van der Waals surface area contributed by atoms with Crippen LogP contribution in [0.5, 0.6) is 11.5 Å². The lowest BCUT2D eigenvalue weighted by Gasteiger charge is -2.38. The Hall–Kier alpha value is -1.91. The van der Waals surface area contributed by atoms with Gasteiger partial charge in [-0.2, -0.15) is 0 Å². The van der Waals surface area contributed by atoms with E-state index in [1.165, 1.54) is 5.56 Å². The van der Waals surface area contributed by atoms with Crippen LogP contribution in [0.2, 0.25) is 5.02 Å². The Morgan fingerprint density at radius 2 is 1.79 bits per heavy atom. The van der Waals surface area contributed by atoms with Gasteiger partial charge in [0.1, 0.15) is 11.5 Å². The number of piperidine rings is 1. The SMILES string of the molecule is COc1ccc(OC)c(N2CC(N)CC(c3ccc(Cl)cc3)C2)c1. The van der Waals surface area contributed by atoms with Gasteiger partial charge in [-0.05, 0) is 36.2 Å². The summed E-state index contributed by atoms with van der Waals surface area (Å²) in [5.41, 5.74) is 8.63. The molecule has 0 aromatic heterocycles. The lowest BCUT2D eigenvalue weighted by molar-refractivity contribution is 0.397. The first-order chi connectivity index (χ1) is 11.6. The number of methoxy groups -OCH3 is 2. The van der Waals surface area contributed by atoms with Crippen LogP contribution in [0.25, 0.3) is 0 Å². The second kappa shape index (κ2) is 7.32. The van der Waals surface area contributed by atoms with Gasteiger partial charge < -0.3 is 20.1 Å². The van der Waals surface area contributed by atoms with Gasteiger partial charge in [0.2, 0.25) is 0 Å². The number of hydrogen-bond donors (Lipinski definition) is 1. The Labute approximate surface area is 148 Å². The first kappa shape index (κ1) is 16.9. The van der Waals surface area contributed by atoms with E-state index in [2.05, 4.69) is 17.0 Å². The van der Waals surface area contributed by atoms with Gasteiger partial charge in [-0.3, -0.25) is 0 Å². The van der Waals surface area contributed by atoms with Crippen molar-refractivity contribution in [2.75, 3.05) is 32.2 Å². The summed E-state index contributed by atoms with van der Waals surface area (Å²) in [5.74, 6) is 2.01. The highest BCUT2D eigenvalue weighted by Gasteiger charge is 2.28. The predicted octanol–water partition coefficient (Wildman–Crippen LogP) is 3.68. The maximum absolute atomic E-state index is 6.34. The topological polar surface area (TPSA) is 47.7 Å². The minimum Gasteiger partial charge on any atom is -0.497 e. The molecule has 1 aliphatic rings. The number of nitrogens with two attached hydrogens (primary N) is 1. The molecule has 1 aliphatic heterocycles. The minimum absolute atomic E-state index is 0.107. The Morgan fingerprint density at radius 1 is 1.04 bits per heavy atom. The van der Waals surface area contributed by atoms with Crippen molar-refractivity contribution in [3.05, 3.63) is 53.1 Å². The average molecular weight is 347 g/mol. The van der Waals surface area contributed by atoms with Crippen LogP contribution in [0.1, 0.15) is 17.9 Å². The lowest BCUT2D eigenvalue weighted by atomic mass is 9.88. The lowest BCUT2D eigenvalue weighted by Crippen LogP contribution is -2.46. The zero-order valence-corrected chi connectivity index (χ0v) is 14.8. The number of nitrogens with zero attached hydrogens (tertiary/aromatic N) is 1. The fourth-order valence-corrected chi connectivity index (χ4v) is 3.48. The molecule has 0 bridgehead atoms. The molecule has 4 nitrogen and oxygen atoms in total. The highest BCUT2D eigenvalue weighted by atomic mass is 35.5. The number of halogens is 1. The third-order valence-corrected chi connectivity index (χ3v) is 4.80. The summed E-state index contributed by atoms with van der Waals surface area (Å²) in [6.45, 7) is 1.69. The molecule has 128 valence electrons. The number of ether oxygens (including phenoxy) is 2. The molecule has 0 spiro atoms. The van der Waals surface area contributed by atoms with Crippen molar-refractivity contribution < 1.29 is 9.47 Å². The first-order valence-corrected chi connectivity index (χ1v) is 8.46. The fourth-order valence-electron chi connectivity index (χ4n) is 3.36. The normalized spacial score (nSPS) is 20.8. The predicted molar refractivity (Wildman–Crippen MR) is 98.5 cm³/mol. The minimum atomic E-state index is 0.107. The van der Waals surface area contributed by atoms with Crippen molar-refractivity contribution in [3.8, 4) is 11.5 Å². The maximum atomic E-state index is 6.34. The first-order valence-electron chi connectivity index (χ1n) is 8.08. The van der Waals surface area contributed by atoms with E-state index in [0.717, 1.165) is 41.7 Å². The molecule has 0 aliphatic carbocycles. The summed E-state index contributed by atoms with van der Waals surface area (Å²) >= 11 is 6.01. The van der Waals surface area contributed by atoms with Crippen LogP contribution in [-0.2, 0) is 0 Å². The molecule has 5 heteroatoms. The molecule has 0 radical (unpaired) electrons. The largest absolute Gasteiger partial charge is 0.497 e. The van der Waals surface area contributed by atoms with Crippen LogP contribution < -0.4 is 20.1 Å². The van der Waals surface area contributed by atoms with E-state index in [1.807, 2.05) is 30.3 Å². The van der Waals surface area contributed by atoms with Crippen molar-refractivity contribution in [1.29, 1.82) is 0 Å². The van der Waals surface area contributed by atoms with Crippen molar-refractivity contribution in [1.82, 2.24) is 0 Å². The second-order valence-electron chi connectivity index (χ2n) is 6.19. The van der Waals surface area contributed by atoms with Crippen LogP contribution in [0.15, 0.2) is 42.5 Å². The van der Waals surface area contributed by atoms with Gasteiger partial charge in [-0.25, -0.2) is 0 Å². The Balaban J connectivity index is 1.89. The third-order valence-electron chi connectivity index (χ3n) is 4.55. The van der Waals surface area contributed by atoms with Crippen molar-refractivity contribution in [2.45, 2.75) is 18.4 Å². The standard InChI is InChI=1S/C19H23ClN2O2/c1-23-17-7-8-19(24-2)18(10-17)22-11-14(9-16(21)12-22)13-3-5-15(20)6-4-13/h3-8,10,14,16H,9,11-12,21H2,1-2H3. The van der Waals surface area contributed by atoms with Gasteiger partial charge in [-0.1, -0.05) is 23.7 Å². The molecule has 24 heavy (non-hydrogen) atoms. The summed E-state index contributed by atoms with van der Waals surface area (Å²) in [6.07, 6.45) is 0.963. The van der Waals surface area contributed by atoms with Crippen LogP contribution in [0, 0.1) is 0 Å². The summed E-state index contributed by atoms with van der Waals surface area (Å²) < 4.78 is 10.9. The molecule has 0 amide bonds. The van der Waals surface area contributed by atoms with Gasteiger partial charge in [-0.15, -0.1) is 0 Å². The van der Waals surface area contributed by atoms with Gasteiger partial charge in [0.05, 0.1) is 19.9 Å². The fraction of sp³-hybridized carbons (Fsp3) is 0.368.